The Hall–Kier alpha value is -2.61. The maximum atomic E-state index is 12.7. The van der Waals surface area contributed by atoms with E-state index < -0.39 is 13.1 Å². The van der Waals surface area contributed by atoms with Crippen molar-refractivity contribution in [2.24, 2.45) is 0 Å². The van der Waals surface area contributed by atoms with Gasteiger partial charge in [0.25, 0.3) is 0 Å². The first-order chi connectivity index (χ1) is 15.0. The van der Waals surface area contributed by atoms with Crippen molar-refractivity contribution in [3.8, 4) is 0 Å². The molecule has 0 saturated carbocycles. The van der Waals surface area contributed by atoms with Crippen LogP contribution in [0.5, 0.6) is 0 Å². The number of amides is 1. The molecular formula is C24H26BNO5. The van der Waals surface area contributed by atoms with Crippen LogP contribution >= 0.6 is 0 Å². The summed E-state index contributed by atoms with van der Waals surface area (Å²) in [6.45, 7) is 1.61. The molecule has 1 unspecified atom stereocenters. The minimum Gasteiger partial charge on any atom is -0.464 e. The van der Waals surface area contributed by atoms with Crippen LogP contribution in [-0.4, -0.2) is 42.2 Å². The molecule has 1 aliphatic carbocycles. The molecule has 0 radical (unpaired) electrons. The summed E-state index contributed by atoms with van der Waals surface area (Å²) in [7, 11) is -1.67. The fourth-order valence-corrected chi connectivity index (χ4v) is 5.11. The summed E-state index contributed by atoms with van der Waals surface area (Å²) in [6.07, 6.45) is 5.27. The van der Waals surface area contributed by atoms with Gasteiger partial charge >= 0.3 is 7.12 Å². The lowest BCUT2D eigenvalue weighted by atomic mass is 9.75. The summed E-state index contributed by atoms with van der Waals surface area (Å²) >= 11 is 0. The number of aryl methyl sites for hydroxylation is 1. The van der Waals surface area contributed by atoms with E-state index in [1.807, 2.05) is 30.3 Å². The number of benzene rings is 2. The Morgan fingerprint density at radius 2 is 2.06 bits per heavy atom. The molecule has 1 amide bonds. The molecule has 1 aromatic heterocycles. The molecule has 1 saturated heterocycles. The van der Waals surface area contributed by atoms with Gasteiger partial charge in [-0.15, -0.1) is 0 Å². The summed E-state index contributed by atoms with van der Waals surface area (Å²) in [6, 6.07) is 13.8. The van der Waals surface area contributed by atoms with Crippen LogP contribution in [0.4, 0.5) is 0 Å². The summed E-state index contributed by atoms with van der Waals surface area (Å²) in [4.78, 5) is 12.7. The highest BCUT2D eigenvalue weighted by atomic mass is 16.5. The van der Waals surface area contributed by atoms with Crippen molar-refractivity contribution >= 4 is 24.0 Å². The lowest BCUT2D eigenvalue weighted by Crippen LogP contribution is -2.48. The highest BCUT2D eigenvalue weighted by molar-refractivity contribution is 6.43. The summed E-state index contributed by atoms with van der Waals surface area (Å²) < 4.78 is 11.2. The predicted octanol–water partition coefficient (Wildman–Crippen LogP) is 2.32. The average Bonchev–Trinajstić information content (AvgIpc) is 3.48. The van der Waals surface area contributed by atoms with Gasteiger partial charge in [0, 0.05) is 17.4 Å². The Labute approximate surface area is 181 Å². The molecule has 1 spiro atoms. The molecule has 2 aromatic carbocycles. The van der Waals surface area contributed by atoms with Crippen LogP contribution in [0.1, 0.15) is 35.1 Å². The summed E-state index contributed by atoms with van der Waals surface area (Å²) in [5.74, 6) is -1.05. The van der Waals surface area contributed by atoms with Gasteiger partial charge in [0.1, 0.15) is 5.58 Å². The van der Waals surface area contributed by atoms with Crippen LogP contribution in [0.25, 0.3) is 11.0 Å². The first-order valence-electron chi connectivity index (χ1n) is 10.8. The zero-order valence-corrected chi connectivity index (χ0v) is 17.3. The Morgan fingerprint density at radius 1 is 1.19 bits per heavy atom. The quantitative estimate of drug-likeness (QED) is 0.534. The van der Waals surface area contributed by atoms with Gasteiger partial charge in [-0.2, -0.15) is 0 Å². The molecule has 160 valence electrons. The van der Waals surface area contributed by atoms with E-state index in [0.29, 0.717) is 0 Å². The third-order valence-corrected chi connectivity index (χ3v) is 6.79. The monoisotopic (exact) mass is 419 g/mol. The van der Waals surface area contributed by atoms with E-state index in [4.69, 9.17) is 9.15 Å². The number of para-hydroxylation sites is 1. The van der Waals surface area contributed by atoms with Crippen molar-refractivity contribution in [1.82, 2.24) is 5.32 Å². The van der Waals surface area contributed by atoms with Gasteiger partial charge in [-0.1, -0.05) is 36.4 Å². The Morgan fingerprint density at radius 3 is 2.87 bits per heavy atom. The van der Waals surface area contributed by atoms with E-state index >= 15 is 0 Å². The molecule has 3 aromatic rings. The van der Waals surface area contributed by atoms with E-state index in [2.05, 4.69) is 17.4 Å². The first-order valence-corrected chi connectivity index (χ1v) is 10.8. The van der Waals surface area contributed by atoms with Crippen molar-refractivity contribution < 1.29 is 24.0 Å². The van der Waals surface area contributed by atoms with Gasteiger partial charge in [0.05, 0.1) is 25.2 Å². The van der Waals surface area contributed by atoms with Gasteiger partial charge in [-0.3, -0.25) is 4.79 Å². The number of furan rings is 1. The third kappa shape index (κ3) is 3.89. The van der Waals surface area contributed by atoms with E-state index in [9.17, 15) is 14.8 Å². The molecule has 2 heterocycles. The molecule has 2 atom stereocenters. The van der Waals surface area contributed by atoms with Crippen LogP contribution < -0.4 is 5.32 Å². The van der Waals surface area contributed by atoms with Crippen LogP contribution in [0, 0.1) is 0 Å². The van der Waals surface area contributed by atoms with E-state index in [1.165, 1.54) is 11.1 Å². The van der Waals surface area contributed by atoms with Crippen molar-refractivity contribution in [2.75, 3.05) is 13.2 Å². The minimum atomic E-state index is -1.67. The smallest absolute Gasteiger partial charge is 0.464 e. The first kappa shape index (κ1) is 20.3. The van der Waals surface area contributed by atoms with Gasteiger partial charge in [0.15, 0.2) is 0 Å². The molecule has 3 N–H and O–H groups in total. The topological polar surface area (TPSA) is 91.9 Å². The third-order valence-electron chi connectivity index (χ3n) is 6.79. The van der Waals surface area contributed by atoms with E-state index in [0.717, 1.165) is 54.6 Å². The fourth-order valence-electron chi connectivity index (χ4n) is 5.11. The molecule has 7 heteroatoms. The molecule has 0 bridgehead atoms. The lowest BCUT2D eigenvalue weighted by Gasteiger charge is -2.22. The Bertz CT molecular complexity index is 1100. The van der Waals surface area contributed by atoms with Gasteiger partial charge in [-0.25, -0.2) is 0 Å². The largest absolute Gasteiger partial charge is 0.475 e. The number of carbonyl (C=O) groups excluding carboxylic acids is 1. The van der Waals surface area contributed by atoms with Gasteiger partial charge in [0.2, 0.25) is 5.91 Å². The number of hydrogen-bond acceptors (Lipinski definition) is 5. The van der Waals surface area contributed by atoms with E-state index in [-0.39, 0.29) is 24.2 Å². The zero-order valence-electron chi connectivity index (χ0n) is 17.3. The zero-order chi connectivity index (χ0) is 21.4. The number of rotatable bonds is 6. The maximum Gasteiger partial charge on any atom is 0.475 e. The summed E-state index contributed by atoms with van der Waals surface area (Å²) in [5, 5.41) is 23.4. The maximum absolute atomic E-state index is 12.7. The average molecular weight is 419 g/mol. The Kier molecular flexibility index (Phi) is 5.34. The number of fused-ring (bicyclic) bond motifs is 3. The second-order valence-electron chi connectivity index (χ2n) is 8.80. The molecule has 2 aliphatic rings. The van der Waals surface area contributed by atoms with Crippen LogP contribution in [-0.2, 0) is 34.2 Å². The molecule has 6 nitrogen and oxygen atoms in total. The Balaban J connectivity index is 1.27. The highest BCUT2D eigenvalue weighted by Gasteiger charge is 2.41. The molecule has 1 fully saturated rings. The fraction of sp³-hybridized carbons (Fsp3) is 0.375. The minimum absolute atomic E-state index is 0.162. The number of carbonyl (C=O) groups is 1. The van der Waals surface area contributed by atoms with Crippen LogP contribution in [0.3, 0.4) is 0 Å². The van der Waals surface area contributed by atoms with Crippen molar-refractivity contribution in [1.29, 1.82) is 0 Å². The van der Waals surface area contributed by atoms with Crippen molar-refractivity contribution in [3.63, 3.8) is 0 Å². The predicted molar refractivity (Wildman–Crippen MR) is 118 cm³/mol. The normalized spacial score (nSPS) is 20.8. The lowest BCUT2D eigenvalue weighted by molar-refractivity contribution is -0.120. The molecule has 5 rings (SSSR count). The second-order valence-corrected chi connectivity index (χ2v) is 8.80. The number of ether oxygens (including phenoxy) is 1. The number of nitrogens with one attached hydrogen (secondary N) is 1. The SMILES string of the molecule is O=C(Cc1ccc2c(c1)CCC21CCOC1)N[C@@H](Cc1coc2ccccc12)B(O)O. The molecule has 31 heavy (non-hydrogen) atoms. The summed E-state index contributed by atoms with van der Waals surface area (Å²) in [5.41, 5.74) is 5.33. The van der Waals surface area contributed by atoms with Gasteiger partial charge < -0.3 is 24.5 Å². The highest BCUT2D eigenvalue weighted by Crippen LogP contribution is 2.44. The standard InChI is InChI=1S/C24H26BNO5/c27-23(12-16-5-6-20-17(11-16)7-8-24(20)9-10-30-15-24)26-22(25(28)29)13-18-14-31-21-4-2-1-3-19(18)21/h1-6,11,14,22,28-29H,7-10,12-13,15H2,(H,26,27)/t22-,24?/m0/s1. The second kappa shape index (κ2) is 8.15. The van der Waals surface area contributed by atoms with E-state index in [1.54, 1.807) is 6.26 Å². The van der Waals surface area contributed by atoms with Gasteiger partial charge in [-0.05, 0) is 54.0 Å². The van der Waals surface area contributed by atoms with Crippen molar-refractivity contribution in [3.05, 3.63) is 71.0 Å². The molecular weight excluding hydrogens is 393 g/mol. The molecule has 1 aliphatic heterocycles. The van der Waals surface area contributed by atoms with Crippen LogP contribution in [0.15, 0.2) is 53.1 Å². The van der Waals surface area contributed by atoms with Crippen molar-refractivity contribution in [2.45, 2.75) is 43.5 Å². The number of hydrogen-bond donors (Lipinski definition) is 3. The van der Waals surface area contributed by atoms with Crippen LogP contribution in [0.2, 0.25) is 0 Å².